The van der Waals surface area contributed by atoms with Gasteiger partial charge in [-0.05, 0) is 25.1 Å². The summed E-state index contributed by atoms with van der Waals surface area (Å²) in [6.45, 7) is 1.80. The lowest BCUT2D eigenvalue weighted by Gasteiger charge is -2.10. The molecule has 0 saturated heterocycles. The van der Waals surface area contributed by atoms with Gasteiger partial charge in [0.1, 0.15) is 17.0 Å². The molecule has 3 aromatic heterocycles. The van der Waals surface area contributed by atoms with Crippen molar-refractivity contribution in [2.75, 3.05) is 7.11 Å². The number of benzene rings is 1. The Labute approximate surface area is 161 Å². The number of alkyl halides is 3. The summed E-state index contributed by atoms with van der Waals surface area (Å²) in [7, 11) is -4.61. The van der Waals surface area contributed by atoms with E-state index in [1.807, 2.05) is 0 Å². The maximum atomic E-state index is 12.7. The molecule has 0 radical (unpaired) electrons. The second-order valence-electron chi connectivity index (χ2n) is 6.03. The van der Waals surface area contributed by atoms with E-state index in [0.717, 1.165) is 11.8 Å². The molecule has 0 saturated carbocycles. The first-order valence-electron chi connectivity index (χ1n) is 8.03. The fourth-order valence-corrected chi connectivity index (χ4v) is 3.13. The average Bonchev–Trinajstić information content (AvgIpc) is 3.23. The topological polar surface area (TPSA) is 95.9 Å². The van der Waals surface area contributed by atoms with Gasteiger partial charge in [0, 0.05) is 12.1 Å². The number of imidazole rings is 1. The second kappa shape index (κ2) is 6.37. The standard InChI is InChI=1S/C17H12F3N3O5S/c1-9-3-4-16-21-12(8-23(16)22-9)15-7-11-13(27-15)5-10(26-2)6-14(11)28-29(24,25)17(18,19)20/h3-8H,1-2H3. The van der Waals surface area contributed by atoms with E-state index >= 15 is 0 Å². The summed E-state index contributed by atoms with van der Waals surface area (Å²) in [6.07, 6.45) is 1.57. The molecule has 0 spiro atoms. The van der Waals surface area contributed by atoms with Crippen molar-refractivity contribution in [1.29, 1.82) is 0 Å². The Morgan fingerprint density at radius 1 is 1.17 bits per heavy atom. The first-order chi connectivity index (χ1) is 13.6. The summed E-state index contributed by atoms with van der Waals surface area (Å²) < 4.78 is 77.6. The molecule has 0 fully saturated rings. The molecular formula is C17H12F3N3O5S. The number of aryl methyl sites for hydroxylation is 1. The summed E-state index contributed by atoms with van der Waals surface area (Å²) in [4.78, 5) is 4.34. The quantitative estimate of drug-likeness (QED) is 0.362. The van der Waals surface area contributed by atoms with Crippen LogP contribution in [0, 0.1) is 6.92 Å². The van der Waals surface area contributed by atoms with Gasteiger partial charge in [-0.2, -0.15) is 26.7 Å². The molecule has 0 aliphatic rings. The Morgan fingerprint density at radius 2 is 1.93 bits per heavy atom. The van der Waals surface area contributed by atoms with Crippen LogP contribution in [-0.2, 0) is 10.1 Å². The maximum Gasteiger partial charge on any atom is 0.534 e. The minimum atomic E-state index is -5.87. The molecule has 1 aromatic carbocycles. The van der Waals surface area contributed by atoms with Crippen molar-refractivity contribution in [3.8, 4) is 23.0 Å². The van der Waals surface area contributed by atoms with Gasteiger partial charge in [-0.15, -0.1) is 0 Å². The number of halogens is 3. The molecule has 0 aliphatic carbocycles. The van der Waals surface area contributed by atoms with E-state index in [2.05, 4.69) is 14.3 Å². The number of ether oxygens (including phenoxy) is 1. The molecule has 4 rings (SSSR count). The highest BCUT2D eigenvalue weighted by molar-refractivity contribution is 7.88. The lowest BCUT2D eigenvalue weighted by Crippen LogP contribution is -2.28. The average molecular weight is 427 g/mol. The number of aromatic nitrogens is 3. The van der Waals surface area contributed by atoms with Crippen molar-refractivity contribution < 1.29 is 34.9 Å². The molecule has 0 unspecified atom stereocenters. The molecule has 4 aromatic rings. The minimum Gasteiger partial charge on any atom is -0.496 e. The van der Waals surface area contributed by atoms with Crippen LogP contribution in [0.1, 0.15) is 5.69 Å². The number of rotatable bonds is 4. The summed E-state index contributed by atoms with van der Waals surface area (Å²) in [5.74, 6) is -0.340. The zero-order valence-corrected chi connectivity index (χ0v) is 15.7. The van der Waals surface area contributed by atoms with Crippen molar-refractivity contribution in [2.45, 2.75) is 12.4 Å². The minimum absolute atomic E-state index is 0.00909. The van der Waals surface area contributed by atoms with Crippen molar-refractivity contribution in [1.82, 2.24) is 14.6 Å². The molecule has 0 aliphatic heterocycles. The predicted molar refractivity (Wildman–Crippen MR) is 95.1 cm³/mol. The first-order valence-corrected chi connectivity index (χ1v) is 9.44. The highest BCUT2D eigenvalue weighted by Gasteiger charge is 2.48. The molecule has 12 heteroatoms. The summed E-state index contributed by atoms with van der Waals surface area (Å²) >= 11 is 0. The number of hydrogen-bond donors (Lipinski definition) is 0. The highest BCUT2D eigenvalue weighted by atomic mass is 32.2. The molecule has 8 nitrogen and oxygen atoms in total. The van der Waals surface area contributed by atoms with Crippen LogP contribution in [-0.4, -0.2) is 35.6 Å². The Kier molecular flexibility index (Phi) is 4.19. The zero-order chi connectivity index (χ0) is 21.0. The van der Waals surface area contributed by atoms with Gasteiger partial charge in [-0.25, -0.2) is 9.50 Å². The van der Waals surface area contributed by atoms with Gasteiger partial charge in [-0.3, -0.25) is 0 Å². The van der Waals surface area contributed by atoms with Gasteiger partial charge in [0.25, 0.3) is 0 Å². The Balaban J connectivity index is 1.86. The number of hydrogen-bond acceptors (Lipinski definition) is 7. The summed E-state index contributed by atoms with van der Waals surface area (Å²) in [5, 5.41) is 4.27. The highest BCUT2D eigenvalue weighted by Crippen LogP contribution is 2.39. The van der Waals surface area contributed by atoms with E-state index in [1.54, 1.807) is 25.3 Å². The van der Waals surface area contributed by atoms with Crippen LogP contribution in [0.3, 0.4) is 0 Å². The van der Waals surface area contributed by atoms with Crippen molar-refractivity contribution in [3.63, 3.8) is 0 Å². The largest absolute Gasteiger partial charge is 0.534 e. The lowest BCUT2D eigenvalue weighted by molar-refractivity contribution is -0.0499. The van der Waals surface area contributed by atoms with Crippen LogP contribution in [0.4, 0.5) is 13.2 Å². The number of nitrogens with zero attached hydrogens (tertiary/aromatic N) is 3. The van der Waals surface area contributed by atoms with Crippen LogP contribution >= 0.6 is 0 Å². The van der Waals surface area contributed by atoms with Gasteiger partial charge in [0.05, 0.1) is 24.4 Å². The van der Waals surface area contributed by atoms with Crippen LogP contribution in [0.25, 0.3) is 28.1 Å². The fourth-order valence-electron chi connectivity index (χ4n) is 2.66. The van der Waals surface area contributed by atoms with E-state index in [9.17, 15) is 21.6 Å². The number of furan rings is 1. The Bertz CT molecular complexity index is 1340. The smallest absolute Gasteiger partial charge is 0.496 e. The monoisotopic (exact) mass is 427 g/mol. The van der Waals surface area contributed by atoms with E-state index in [0.29, 0.717) is 11.3 Å². The van der Waals surface area contributed by atoms with Crippen molar-refractivity contribution >= 4 is 26.7 Å². The summed E-state index contributed by atoms with van der Waals surface area (Å²) in [6, 6.07) is 7.26. The van der Waals surface area contributed by atoms with Crippen LogP contribution in [0.2, 0.25) is 0 Å². The Morgan fingerprint density at radius 3 is 2.62 bits per heavy atom. The van der Waals surface area contributed by atoms with E-state index in [4.69, 9.17) is 9.15 Å². The molecule has 0 atom stereocenters. The lowest BCUT2D eigenvalue weighted by atomic mass is 10.2. The second-order valence-corrected chi connectivity index (χ2v) is 7.57. The number of fused-ring (bicyclic) bond motifs is 2. The van der Waals surface area contributed by atoms with Crippen LogP contribution in [0.5, 0.6) is 11.5 Å². The Hall–Kier alpha value is -3.28. The molecular weight excluding hydrogens is 415 g/mol. The SMILES string of the molecule is COc1cc(OS(=O)(=O)C(F)(F)F)c2cc(-c3cn4nc(C)ccc4n3)oc2c1. The number of methoxy groups -OCH3 is 1. The van der Waals surface area contributed by atoms with Gasteiger partial charge in [0.2, 0.25) is 0 Å². The molecule has 29 heavy (non-hydrogen) atoms. The van der Waals surface area contributed by atoms with E-state index in [-0.39, 0.29) is 22.5 Å². The first kappa shape index (κ1) is 19.1. The molecule has 152 valence electrons. The molecule has 3 heterocycles. The van der Waals surface area contributed by atoms with Crippen molar-refractivity contribution in [3.05, 3.63) is 42.2 Å². The fraction of sp³-hybridized carbons (Fsp3) is 0.176. The van der Waals surface area contributed by atoms with Gasteiger partial charge >= 0.3 is 15.6 Å². The third-order valence-electron chi connectivity index (χ3n) is 4.00. The maximum absolute atomic E-state index is 12.7. The van der Waals surface area contributed by atoms with Gasteiger partial charge in [0.15, 0.2) is 17.2 Å². The summed E-state index contributed by atoms with van der Waals surface area (Å²) in [5.41, 5.74) is -3.89. The third-order valence-corrected chi connectivity index (χ3v) is 4.96. The molecule has 0 bridgehead atoms. The van der Waals surface area contributed by atoms with Gasteiger partial charge in [-0.1, -0.05) is 0 Å². The van der Waals surface area contributed by atoms with Crippen LogP contribution in [0.15, 0.2) is 40.9 Å². The van der Waals surface area contributed by atoms with Gasteiger partial charge < -0.3 is 13.3 Å². The molecule has 0 amide bonds. The molecule has 0 N–H and O–H groups in total. The van der Waals surface area contributed by atoms with Crippen LogP contribution < -0.4 is 8.92 Å². The predicted octanol–water partition coefficient (Wildman–Crippen LogP) is 3.69. The van der Waals surface area contributed by atoms with E-state index in [1.165, 1.54) is 23.8 Å². The zero-order valence-electron chi connectivity index (χ0n) is 14.9. The normalized spacial score (nSPS) is 12.6. The van der Waals surface area contributed by atoms with E-state index < -0.39 is 21.4 Å². The van der Waals surface area contributed by atoms with Crippen molar-refractivity contribution in [2.24, 2.45) is 0 Å². The third kappa shape index (κ3) is 3.35.